The van der Waals surface area contributed by atoms with Gasteiger partial charge in [-0.05, 0) is 42.7 Å². The Balaban J connectivity index is 1.47. The fraction of sp³-hybridized carbons (Fsp3) is 0.444. The number of nitrogens with zero attached hydrogens (tertiary/aromatic N) is 2. The molecule has 0 radical (unpaired) electrons. The number of fused-ring (bicyclic) bond motifs is 1. The molecule has 0 N–H and O–H groups in total. The van der Waals surface area contributed by atoms with Crippen molar-refractivity contribution in [2.24, 2.45) is 13.0 Å². The molecule has 0 aliphatic heterocycles. The van der Waals surface area contributed by atoms with Crippen molar-refractivity contribution in [1.29, 1.82) is 0 Å². The number of hydrogen-bond acceptors (Lipinski definition) is 1. The van der Waals surface area contributed by atoms with Crippen LogP contribution in [0.1, 0.15) is 57.8 Å². The normalized spacial score (nSPS) is 14.9. The number of hydrogen-bond donors (Lipinski definition) is 0. The van der Waals surface area contributed by atoms with Gasteiger partial charge in [0.25, 0.3) is 0 Å². The van der Waals surface area contributed by atoms with Crippen LogP contribution < -0.4 is 9.47 Å². The molecule has 3 heteroatoms. The van der Waals surface area contributed by atoms with Crippen molar-refractivity contribution < 1.29 is 4.57 Å². The standard InChI is InChI=1S/C27H34ClN2/c1-29-21-26(19-23-14-7-8-17-27(23)29)30(25-16-10-15-24(28)20-25)18-9-3-6-13-22-11-4-2-5-12-22/h7-8,10,14-17,19-22H,2-6,9,11-13,18H2,1H3/q+1. The van der Waals surface area contributed by atoms with Crippen LogP contribution in [0.25, 0.3) is 10.9 Å². The summed E-state index contributed by atoms with van der Waals surface area (Å²) in [5.41, 5.74) is 3.65. The third-order valence-electron chi connectivity index (χ3n) is 6.60. The van der Waals surface area contributed by atoms with Gasteiger partial charge in [-0.2, -0.15) is 4.57 Å². The van der Waals surface area contributed by atoms with Crippen LogP contribution in [0.2, 0.25) is 5.02 Å². The second kappa shape index (κ2) is 10.3. The SMILES string of the molecule is C[n+]1cc(N(CCCCCC2CCCCC2)c2cccc(Cl)c2)cc2ccccc21. The smallest absolute Gasteiger partial charge is 0.212 e. The second-order valence-corrected chi connectivity index (χ2v) is 9.29. The third kappa shape index (κ3) is 5.35. The molecule has 2 aromatic carbocycles. The number of pyridine rings is 1. The van der Waals surface area contributed by atoms with Gasteiger partial charge in [-0.3, -0.25) is 0 Å². The molecule has 0 amide bonds. The molecule has 0 atom stereocenters. The predicted octanol–water partition coefficient (Wildman–Crippen LogP) is 7.60. The van der Waals surface area contributed by atoms with Crippen molar-refractivity contribution in [3.63, 3.8) is 0 Å². The van der Waals surface area contributed by atoms with Gasteiger partial charge in [-0.1, -0.05) is 81.2 Å². The Morgan fingerprint density at radius 2 is 1.73 bits per heavy atom. The zero-order chi connectivity index (χ0) is 20.8. The first-order valence-electron chi connectivity index (χ1n) is 11.6. The summed E-state index contributed by atoms with van der Waals surface area (Å²) in [5, 5.41) is 2.06. The van der Waals surface area contributed by atoms with Gasteiger partial charge in [0.1, 0.15) is 12.7 Å². The molecule has 0 spiro atoms. The maximum Gasteiger partial charge on any atom is 0.212 e. The van der Waals surface area contributed by atoms with E-state index < -0.39 is 0 Å². The number of aryl methyl sites for hydroxylation is 1. The van der Waals surface area contributed by atoms with Gasteiger partial charge in [0.2, 0.25) is 5.52 Å². The number of rotatable bonds is 8. The van der Waals surface area contributed by atoms with E-state index in [9.17, 15) is 0 Å². The van der Waals surface area contributed by atoms with Gasteiger partial charge in [0.05, 0.1) is 0 Å². The Hall–Kier alpha value is -2.06. The zero-order valence-corrected chi connectivity index (χ0v) is 19.0. The summed E-state index contributed by atoms with van der Waals surface area (Å²) in [6, 6.07) is 19.1. The molecule has 1 saturated carbocycles. The Bertz CT molecular complexity index is 962. The van der Waals surface area contributed by atoms with Crippen molar-refractivity contribution in [2.75, 3.05) is 11.4 Å². The molecule has 2 nitrogen and oxygen atoms in total. The predicted molar refractivity (Wildman–Crippen MR) is 129 cm³/mol. The first-order chi connectivity index (χ1) is 14.7. The summed E-state index contributed by atoms with van der Waals surface area (Å²) in [6.07, 6.45) is 14.8. The van der Waals surface area contributed by atoms with E-state index in [0.29, 0.717) is 0 Å². The third-order valence-corrected chi connectivity index (χ3v) is 6.83. The van der Waals surface area contributed by atoms with E-state index in [-0.39, 0.29) is 0 Å². The van der Waals surface area contributed by atoms with Crippen LogP contribution in [-0.2, 0) is 7.05 Å². The number of aromatic nitrogens is 1. The van der Waals surface area contributed by atoms with Gasteiger partial charge in [0, 0.05) is 28.7 Å². The lowest BCUT2D eigenvalue weighted by molar-refractivity contribution is -0.644. The van der Waals surface area contributed by atoms with Crippen molar-refractivity contribution in [3.8, 4) is 0 Å². The van der Waals surface area contributed by atoms with Crippen LogP contribution >= 0.6 is 11.6 Å². The number of benzene rings is 2. The van der Waals surface area contributed by atoms with E-state index in [2.05, 4.69) is 71.2 Å². The Morgan fingerprint density at radius 3 is 2.57 bits per heavy atom. The topological polar surface area (TPSA) is 7.12 Å². The Kier molecular flexibility index (Phi) is 7.28. The molecular formula is C27H34ClN2+. The van der Waals surface area contributed by atoms with Crippen LogP contribution in [0.4, 0.5) is 11.4 Å². The molecule has 0 unspecified atom stereocenters. The fourth-order valence-corrected chi connectivity index (χ4v) is 5.13. The minimum atomic E-state index is 0.792. The lowest BCUT2D eigenvalue weighted by atomic mass is 9.85. The maximum atomic E-state index is 6.34. The highest BCUT2D eigenvalue weighted by Crippen LogP contribution is 2.30. The zero-order valence-electron chi connectivity index (χ0n) is 18.2. The highest BCUT2D eigenvalue weighted by molar-refractivity contribution is 6.30. The van der Waals surface area contributed by atoms with Gasteiger partial charge in [0.15, 0.2) is 6.20 Å². The van der Waals surface area contributed by atoms with Gasteiger partial charge < -0.3 is 4.90 Å². The monoisotopic (exact) mass is 421 g/mol. The fourth-order valence-electron chi connectivity index (χ4n) is 4.95. The molecule has 1 fully saturated rings. The second-order valence-electron chi connectivity index (χ2n) is 8.85. The van der Waals surface area contributed by atoms with E-state index in [1.54, 1.807) is 0 Å². The first-order valence-corrected chi connectivity index (χ1v) is 12.0. The summed E-state index contributed by atoms with van der Waals surface area (Å²) in [5.74, 6) is 0.988. The van der Waals surface area contributed by atoms with Crippen molar-refractivity contribution >= 4 is 33.9 Å². The van der Waals surface area contributed by atoms with E-state index >= 15 is 0 Å². The van der Waals surface area contributed by atoms with E-state index in [1.165, 1.54) is 80.1 Å². The molecule has 3 aromatic rings. The summed E-state index contributed by atoms with van der Waals surface area (Å²) >= 11 is 6.34. The molecular weight excluding hydrogens is 388 g/mol. The van der Waals surface area contributed by atoms with E-state index in [1.807, 2.05) is 6.07 Å². The Labute approximate surface area is 186 Å². The van der Waals surface area contributed by atoms with Crippen molar-refractivity contribution in [3.05, 3.63) is 65.8 Å². The largest absolute Gasteiger partial charge is 0.337 e. The minimum Gasteiger partial charge on any atom is -0.337 e. The molecule has 1 aliphatic carbocycles. The van der Waals surface area contributed by atoms with E-state index in [4.69, 9.17) is 11.6 Å². The molecule has 1 aromatic heterocycles. The van der Waals surface area contributed by atoms with Gasteiger partial charge in [-0.15, -0.1) is 0 Å². The molecule has 1 aliphatic rings. The summed E-state index contributed by atoms with van der Waals surface area (Å²) in [7, 11) is 2.13. The van der Waals surface area contributed by atoms with Gasteiger partial charge >= 0.3 is 0 Å². The lowest BCUT2D eigenvalue weighted by Crippen LogP contribution is -2.31. The van der Waals surface area contributed by atoms with Crippen LogP contribution in [0.3, 0.4) is 0 Å². The van der Waals surface area contributed by atoms with E-state index in [0.717, 1.165) is 17.5 Å². The quantitative estimate of drug-likeness (QED) is 0.268. The first kappa shape index (κ1) is 21.2. The maximum absolute atomic E-state index is 6.34. The summed E-state index contributed by atoms with van der Waals surface area (Å²) in [4.78, 5) is 2.43. The van der Waals surface area contributed by atoms with Crippen molar-refractivity contribution in [1.82, 2.24) is 0 Å². The van der Waals surface area contributed by atoms with Crippen LogP contribution in [0.5, 0.6) is 0 Å². The number of para-hydroxylation sites is 1. The molecule has 30 heavy (non-hydrogen) atoms. The van der Waals surface area contributed by atoms with Crippen LogP contribution in [0, 0.1) is 5.92 Å². The molecule has 0 saturated heterocycles. The molecule has 0 bridgehead atoms. The highest BCUT2D eigenvalue weighted by atomic mass is 35.5. The van der Waals surface area contributed by atoms with Crippen molar-refractivity contribution in [2.45, 2.75) is 57.8 Å². The van der Waals surface area contributed by atoms with Crippen LogP contribution in [-0.4, -0.2) is 6.54 Å². The Morgan fingerprint density at radius 1 is 0.900 bits per heavy atom. The highest BCUT2D eigenvalue weighted by Gasteiger charge is 2.16. The molecule has 1 heterocycles. The number of halogens is 1. The summed E-state index contributed by atoms with van der Waals surface area (Å²) in [6.45, 7) is 1.02. The molecule has 158 valence electrons. The lowest BCUT2D eigenvalue weighted by Gasteiger charge is -2.25. The van der Waals surface area contributed by atoms with Gasteiger partial charge in [-0.25, -0.2) is 0 Å². The molecule has 4 rings (SSSR count). The average Bonchev–Trinajstić information content (AvgIpc) is 2.77. The number of anilines is 2. The minimum absolute atomic E-state index is 0.792. The summed E-state index contributed by atoms with van der Waals surface area (Å²) < 4.78 is 2.23. The van der Waals surface area contributed by atoms with Crippen LogP contribution in [0.15, 0.2) is 60.8 Å². The number of unbranched alkanes of at least 4 members (excludes halogenated alkanes) is 2. The average molecular weight is 422 g/mol.